The van der Waals surface area contributed by atoms with Crippen LogP contribution in [0.25, 0.3) is 0 Å². The Morgan fingerprint density at radius 2 is 1.76 bits per heavy atom. The number of piperazine rings is 1. The predicted octanol–water partition coefficient (Wildman–Crippen LogP) is 4.35. The van der Waals surface area contributed by atoms with E-state index in [-0.39, 0.29) is 16.0 Å². The summed E-state index contributed by atoms with van der Waals surface area (Å²) < 4.78 is 52.2. The zero-order valence-corrected chi connectivity index (χ0v) is 20.5. The van der Waals surface area contributed by atoms with Crippen molar-refractivity contribution in [2.75, 3.05) is 42.9 Å². The minimum absolute atomic E-state index is 0.213. The number of rotatable bonds is 5. The van der Waals surface area contributed by atoms with E-state index < -0.39 is 21.4 Å². The summed E-state index contributed by atoms with van der Waals surface area (Å²) in [6.07, 6.45) is -0.369. The Kier molecular flexibility index (Phi) is 7.28. The number of nitrogens with zero attached hydrogens (tertiary/aromatic N) is 2. The molecule has 1 saturated heterocycles. The van der Waals surface area contributed by atoms with Gasteiger partial charge in [0.25, 0.3) is 10.0 Å². The molecule has 8 nitrogen and oxygen atoms in total. The highest BCUT2D eigenvalue weighted by atomic mass is 35.5. The van der Waals surface area contributed by atoms with E-state index in [2.05, 4.69) is 4.72 Å². The number of ether oxygens (including phenoxy) is 2. The van der Waals surface area contributed by atoms with Crippen molar-refractivity contribution in [1.29, 1.82) is 0 Å². The number of anilines is 2. The number of hydrogen-bond acceptors (Lipinski definition) is 6. The molecule has 180 valence electrons. The lowest BCUT2D eigenvalue weighted by Crippen LogP contribution is -2.50. The molecule has 0 unspecified atom stereocenters. The Hall–Kier alpha value is -2.72. The second kappa shape index (κ2) is 9.64. The lowest BCUT2D eigenvalue weighted by atomic mass is 10.2. The van der Waals surface area contributed by atoms with Crippen LogP contribution in [0.15, 0.2) is 41.3 Å². The highest BCUT2D eigenvalue weighted by Crippen LogP contribution is 2.33. The lowest BCUT2D eigenvalue weighted by Gasteiger charge is -2.37. The Morgan fingerprint density at radius 1 is 1.09 bits per heavy atom. The molecule has 0 saturated carbocycles. The fraction of sp³-hybridized carbons (Fsp3) is 0.409. The number of halogens is 2. The van der Waals surface area contributed by atoms with Crippen LogP contribution in [0.5, 0.6) is 5.75 Å². The third kappa shape index (κ3) is 6.20. The van der Waals surface area contributed by atoms with Crippen molar-refractivity contribution in [3.05, 3.63) is 47.2 Å². The maximum Gasteiger partial charge on any atom is 0.410 e. The van der Waals surface area contributed by atoms with Gasteiger partial charge in [-0.1, -0.05) is 11.6 Å². The molecule has 2 aromatic carbocycles. The zero-order valence-electron chi connectivity index (χ0n) is 18.9. The van der Waals surface area contributed by atoms with Gasteiger partial charge in [0.1, 0.15) is 22.1 Å². The van der Waals surface area contributed by atoms with E-state index in [1.165, 1.54) is 7.11 Å². The monoisotopic (exact) mass is 499 g/mol. The van der Waals surface area contributed by atoms with Crippen molar-refractivity contribution in [2.24, 2.45) is 0 Å². The number of sulfonamides is 1. The van der Waals surface area contributed by atoms with Gasteiger partial charge in [-0.2, -0.15) is 0 Å². The van der Waals surface area contributed by atoms with E-state index in [9.17, 15) is 17.6 Å². The minimum Gasteiger partial charge on any atom is -0.495 e. The smallest absolute Gasteiger partial charge is 0.410 e. The van der Waals surface area contributed by atoms with Gasteiger partial charge in [-0.15, -0.1) is 0 Å². The number of carbonyl (C=O) groups is 1. The van der Waals surface area contributed by atoms with Gasteiger partial charge >= 0.3 is 6.09 Å². The first-order chi connectivity index (χ1) is 15.4. The van der Waals surface area contributed by atoms with Crippen molar-refractivity contribution < 1.29 is 27.1 Å². The largest absolute Gasteiger partial charge is 0.495 e. The fourth-order valence-electron chi connectivity index (χ4n) is 3.36. The van der Waals surface area contributed by atoms with Crippen molar-refractivity contribution in [3.63, 3.8) is 0 Å². The van der Waals surface area contributed by atoms with Gasteiger partial charge in [0, 0.05) is 26.2 Å². The molecule has 1 heterocycles. The Balaban J connectivity index is 1.77. The first kappa shape index (κ1) is 24.9. The molecular weight excluding hydrogens is 473 g/mol. The molecule has 0 spiro atoms. The molecule has 0 aromatic heterocycles. The quantitative estimate of drug-likeness (QED) is 0.658. The van der Waals surface area contributed by atoms with Gasteiger partial charge in [-0.05, 0) is 57.2 Å². The van der Waals surface area contributed by atoms with E-state index >= 15 is 0 Å². The highest BCUT2D eigenvalue weighted by Gasteiger charge is 2.27. The van der Waals surface area contributed by atoms with Crippen LogP contribution in [0, 0.1) is 5.82 Å². The molecule has 0 atom stereocenters. The van der Waals surface area contributed by atoms with E-state index in [0.717, 1.165) is 18.2 Å². The molecule has 11 heteroatoms. The van der Waals surface area contributed by atoms with Crippen molar-refractivity contribution >= 4 is 39.1 Å². The number of methoxy groups -OCH3 is 1. The third-order valence-electron chi connectivity index (χ3n) is 4.89. The highest BCUT2D eigenvalue weighted by molar-refractivity contribution is 7.92. The molecule has 1 amide bonds. The molecule has 0 radical (unpaired) electrons. The molecule has 1 N–H and O–H groups in total. The van der Waals surface area contributed by atoms with E-state index in [4.69, 9.17) is 21.1 Å². The van der Waals surface area contributed by atoms with Crippen molar-refractivity contribution in [1.82, 2.24) is 4.90 Å². The van der Waals surface area contributed by atoms with Crippen LogP contribution in [-0.2, 0) is 14.8 Å². The number of amides is 1. The van der Waals surface area contributed by atoms with E-state index in [1.807, 2.05) is 25.7 Å². The van der Waals surface area contributed by atoms with Gasteiger partial charge < -0.3 is 19.3 Å². The summed E-state index contributed by atoms with van der Waals surface area (Å²) in [4.78, 5) is 15.7. The Bertz CT molecular complexity index is 1130. The fourth-order valence-corrected chi connectivity index (χ4v) is 4.94. The molecule has 2 aromatic rings. The van der Waals surface area contributed by atoms with Gasteiger partial charge in [0.2, 0.25) is 0 Å². The van der Waals surface area contributed by atoms with Crippen LogP contribution in [0.4, 0.5) is 20.6 Å². The summed E-state index contributed by atoms with van der Waals surface area (Å²) in [6.45, 7) is 7.36. The SMILES string of the molecule is COc1ccc(NS(=O)(=O)c2ccc(F)cc2Cl)cc1N1CCN(C(=O)OC(C)(C)C)CC1. The summed E-state index contributed by atoms with van der Waals surface area (Å²) in [5, 5.41) is -0.213. The van der Waals surface area contributed by atoms with Crippen LogP contribution in [0.3, 0.4) is 0 Å². The Labute approximate surface area is 198 Å². The molecule has 0 aliphatic carbocycles. The molecular formula is C22H27ClFN3O5S. The van der Waals surface area contributed by atoms with Gasteiger partial charge in [0.05, 0.1) is 23.5 Å². The minimum atomic E-state index is -4.04. The summed E-state index contributed by atoms with van der Waals surface area (Å²) in [5.74, 6) is -0.0697. The van der Waals surface area contributed by atoms with Crippen LogP contribution in [-0.4, -0.2) is 58.3 Å². The molecule has 0 bridgehead atoms. The van der Waals surface area contributed by atoms with Crippen LogP contribution >= 0.6 is 11.6 Å². The number of hydrogen-bond donors (Lipinski definition) is 1. The Morgan fingerprint density at radius 3 is 2.33 bits per heavy atom. The normalized spacial score (nSPS) is 14.7. The summed E-state index contributed by atoms with van der Waals surface area (Å²) >= 11 is 5.93. The summed E-state index contributed by atoms with van der Waals surface area (Å²) in [5.41, 5.74) is 0.392. The second-order valence-corrected chi connectivity index (χ2v) is 10.6. The third-order valence-corrected chi connectivity index (χ3v) is 6.75. The van der Waals surface area contributed by atoms with Gasteiger partial charge in [-0.3, -0.25) is 4.72 Å². The maximum absolute atomic E-state index is 13.3. The number of benzene rings is 2. The van der Waals surface area contributed by atoms with Crippen LogP contribution in [0.2, 0.25) is 5.02 Å². The molecule has 1 aliphatic heterocycles. The molecule has 33 heavy (non-hydrogen) atoms. The van der Waals surface area contributed by atoms with E-state index in [1.54, 1.807) is 23.1 Å². The van der Waals surface area contributed by atoms with Gasteiger partial charge in [0.15, 0.2) is 0 Å². The summed E-state index contributed by atoms with van der Waals surface area (Å²) in [6, 6.07) is 7.95. The maximum atomic E-state index is 13.3. The number of carbonyl (C=O) groups excluding carboxylic acids is 1. The lowest BCUT2D eigenvalue weighted by molar-refractivity contribution is 0.0240. The average Bonchev–Trinajstić information content (AvgIpc) is 2.72. The average molecular weight is 500 g/mol. The topological polar surface area (TPSA) is 88.2 Å². The first-order valence-corrected chi connectivity index (χ1v) is 12.1. The first-order valence-electron chi connectivity index (χ1n) is 10.3. The van der Waals surface area contributed by atoms with Gasteiger partial charge in [-0.25, -0.2) is 17.6 Å². The molecule has 1 fully saturated rings. The standard InChI is InChI=1S/C22H27ClFN3O5S/c1-22(2,3)32-21(28)27-11-9-26(10-12-27)18-14-16(6-7-19(18)31-4)25-33(29,30)20-8-5-15(24)13-17(20)23/h5-8,13-14,25H,9-12H2,1-4H3. The van der Waals surface area contributed by atoms with Crippen LogP contribution in [0.1, 0.15) is 20.8 Å². The zero-order chi connectivity index (χ0) is 24.4. The van der Waals surface area contributed by atoms with Crippen molar-refractivity contribution in [3.8, 4) is 5.75 Å². The summed E-state index contributed by atoms with van der Waals surface area (Å²) in [7, 11) is -2.52. The number of nitrogens with one attached hydrogen (secondary N) is 1. The van der Waals surface area contributed by atoms with Crippen molar-refractivity contribution in [2.45, 2.75) is 31.3 Å². The predicted molar refractivity (Wildman–Crippen MR) is 125 cm³/mol. The second-order valence-electron chi connectivity index (χ2n) is 8.52. The van der Waals surface area contributed by atoms with E-state index in [0.29, 0.717) is 43.3 Å². The van der Waals surface area contributed by atoms with Crippen LogP contribution < -0.4 is 14.4 Å². The molecule has 3 rings (SSSR count). The molecule has 1 aliphatic rings.